The number of carboxylic acid groups (broad SMARTS) is 1. The minimum absolute atomic E-state index is 0.0553. The van der Waals surface area contributed by atoms with E-state index in [1.54, 1.807) is 0 Å². The Hall–Kier alpha value is -2.04. The largest absolute Gasteiger partial charge is 0.481 e. The van der Waals surface area contributed by atoms with Gasteiger partial charge < -0.3 is 15.7 Å². The zero-order valence-electron chi connectivity index (χ0n) is 12.2. The molecule has 0 spiro atoms. The van der Waals surface area contributed by atoms with Crippen LogP contribution >= 0.6 is 0 Å². The summed E-state index contributed by atoms with van der Waals surface area (Å²) in [7, 11) is 0. The predicted octanol–water partition coefficient (Wildman–Crippen LogP) is 3.07. The van der Waals surface area contributed by atoms with Crippen LogP contribution in [-0.4, -0.2) is 23.1 Å². The van der Waals surface area contributed by atoms with Gasteiger partial charge in [0.2, 0.25) is 0 Å². The third-order valence-electron chi connectivity index (χ3n) is 2.88. The normalized spacial score (nSPS) is 11.8. The summed E-state index contributed by atoms with van der Waals surface area (Å²) < 4.78 is 0. The van der Waals surface area contributed by atoms with E-state index in [-0.39, 0.29) is 18.5 Å². The van der Waals surface area contributed by atoms with Crippen molar-refractivity contribution >= 4 is 17.7 Å². The van der Waals surface area contributed by atoms with Crippen molar-refractivity contribution in [1.82, 2.24) is 5.32 Å². The van der Waals surface area contributed by atoms with Gasteiger partial charge >= 0.3 is 12.0 Å². The number of rotatable bonds is 6. The van der Waals surface area contributed by atoms with Gasteiger partial charge in [0.15, 0.2) is 0 Å². The third-order valence-corrected chi connectivity index (χ3v) is 2.88. The molecule has 1 aromatic carbocycles. The number of aryl methyl sites for hydroxylation is 2. The number of carboxylic acids is 1. The van der Waals surface area contributed by atoms with Crippen LogP contribution in [0.15, 0.2) is 18.2 Å². The molecule has 0 bridgehead atoms. The SMILES string of the molecule is Cc1cc(C)cc(NC(=O)NC(C)CCCC(=O)O)c1. The maximum absolute atomic E-state index is 11.8. The number of hydrogen-bond donors (Lipinski definition) is 3. The summed E-state index contributed by atoms with van der Waals surface area (Å²) in [4.78, 5) is 22.2. The van der Waals surface area contributed by atoms with Gasteiger partial charge in [-0.25, -0.2) is 4.79 Å². The summed E-state index contributed by atoms with van der Waals surface area (Å²) in [6.07, 6.45) is 1.33. The quantitative estimate of drug-likeness (QED) is 0.748. The smallest absolute Gasteiger partial charge is 0.319 e. The lowest BCUT2D eigenvalue weighted by Gasteiger charge is -2.14. The summed E-state index contributed by atoms with van der Waals surface area (Å²) in [6, 6.07) is 5.53. The molecule has 0 saturated carbocycles. The Morgan fingerprint density at radius 3 is 2.35 bits per heavy atom. The Balaban J connectivity index is 2.40. The van der Waals surface area contributed by atoms with Gasteiger partial charge in [-0.05, 0) is 56.9 Å². The maximum Gasteiger partial charge on any atom is 0.319 e. The number of hydrogen-bond acceptors (Lipinski definition) is 2. The fourth-order valence-corrected chi connectivity index (χ4v) is 2.07. The highest BCUT2D eigenvalue weighted by molar-refractivity contribution is 5.89. The number of carbonyl (C=O) groups is 2. The predicted molar refractivity (Wildman–Crippen MR) is 79.0 cm³/mol. The molecule has 0 radical (unpaired) electrons. The molecule has 2 amide bonds. The van der Waals surface area contributed by atoms with Crippen LogP contribution in [0.25, 0.3) is 0 Å². The van der Waals surface area contributed by atoms with Gasteiger partial charge in [-0.15, -0.1) is 0 Å². The minimum Gasteiger partial charge on any atom is -0.481 e. The monoisotopic (exact) mass is 278 g/mol. The number of anilines is 1. The molecule has 1 atom stereocenters. The molecule has 20 heavy (non-hydrogen) atoms. The van der Waals surface area contributed by atoms with Crippen molar-refractivity contribution < 1.29 is 14.7 Å². The van der Waals surface area contributed by atoms with Crippen LogP contribution in [0, 0.1) is 13.8 Å². The fourth-order valence-electron chi connectivity index (χ4n) is 2.07. The molecule has 0 saturated heterocycles. The van der Waals surface area contributed by atoms with Crippen molar-refractivity contribution in [2.24, 2.45) is 0 Å². The Morgan fingerprint density at radius 2 is 1.80 bits per heavy atom. The lowest BCUT2D eigenvalue weighted by molar-refractivity contribution is -0.137. The van der Waals surface area contributed by atoms with E-state index in [0.717, 1.165) is 16.8 Å². The Morgan fingerprint density at radius 1 is 1.20 bits per heavy atom. The van der Waals surface area contributed by atoms with Crippen molar-refractivity contribution in [1.29, 1.82) is 0 Å². The van der Waals surface area contributed by atoms with Crippen molar-refractivity contribution in [2.75, 3.05) is 5.32 Å². The van der Waals surface area contributed by atoms with Crippen LogP contribution in [0.3, 0.4) is 0 Å². The molecule has 5 nitrogen and oxygen atoms in total. The Kier molecular flexibility index (Phi) is 6.03. The first-order valence-corrected chi connectivity index (χ1v) is 6.74. The van der Waals surface area contributed by atoms with Crippen LogP contribution in [0.5, 0.6) is 0 Å². The Labute approximate surface area is 119 Å². The molecule has 0 heterocycles. The summed E-state index contributed by atoms with van der Waals surface area (Å²) in [5, 5.41) is 14.1. The molecule has 1 rings (SSSR count). The van der Waals surface area contributed by atoms with Gasteiger partial charge in [0.05, 0.1) is 0 Å². The van der Waals surface area contributed by atoms with Crippen molar-refractivity contribution in [2.45, 2.75) is 46.1 Å². The van der Waals surface area contributed by atoms with E-state index >= 15 is 0 Å². The standard InChI is InChI=1S/C15H22N2O3/c1-10-7-11(2)9-13(8-10)17-15(20)16-12(3)5-4-6-14(18)19/h7-9,12H,4-6H2,1-3H3,(H,18,19)(H2,16,17,20). The van der Waals surface area contributed by atoms with E-state index in [2.05, 4.69) is 10.6 Å². The molecule has 3 N–H and O–H groups in total. The van der Waals surface area contributed by atoms with E-state index < -0.39 is 5.97 Å². The third kappa shape index (κ3) is 6.22. The number of aliphatic carboxylic acids is 1. The van der Waals surface area contributed by atoms with Crippen LogP contribution in [0.1, 0.15) is 37.3 Å². The Bertz CT molecular complexity index is 466. The fraction of sp³-hybridized carbons (Fsp3) is 0.467. The van der Waals surface area contributed by atoms with E-state index in [1.807, 2.05) is 39.0 Å². The first-order chi connectivity index (χ1) is 9.36. The van der Waals surface area contributed by atoms with Gasteiger partial charge in [-0.3, -0.25) is 4.79 Å². The van der Waals surface area contributed by atoms with Crippen LogP contribution < -0.4 is 10.6 Å². The van der Waals surface area contributed by atoms with Crippen LogP contribution in [0.2, 0.25) is 0 Å². The molecule has 0 aliphatic carbocycles. The van der Waals surface area contributed by atoms with Gasteiger partial charge in [-0.1, -0.05) is 6.07 Å². The zero-order chi connectivity index (χ0) is 15.1. The topological polar surface area (TPSA) is 78.4 Å². The summed E-state index contributed by atoms with van der Waals surface area (Å²) >= 11 is 0. The first-order valence-electron chi connectivity index (χ1n) is 6.74. The second-order valence-electron chi connectivity index (χ2n) is 5.16. The lowest BCUT2D eigenvalue weighted by Crippen LogP contribution is -2.36. The van der Waals surface area contributed by atoms with E-state index in [9.17, 15) is 9.59 Å². The van der Waals surface area contributed by atoms with Crippen LogP contribution in [0.4, 0.5) is 10.5 Å². The van der Waals surface area contributed by atoms with Crippen molar-refractivity contribution in [3.8, 4) is 0 Å². The van der Waals surface area contributed by atoms with Gasteiger partial charge in [0.25, 0.3) is 0 Å². The summed E-state index contributed by atoms with van der Waals surface area (Å²) in [5.41, 5.74) is 2.95. The molecule has 110 valence electrons. The zero-order valence-corrected chi connectivity index (χ0v) is 12.2. The number of nitrogens with one attached hydrogen (secondary N) is 2. The molecule has 0 aromatic heterocycles. The maximum atomic E-state index is 11.8. The van der Waals surface area contributed by atoms with Gasteiger partial charge in [-0.2, -0.15) is 0 Å². The van der Waals surface area contributed by atoms with E-state index in [1.165, 1.54) is 0 Å². The highest BCUT2D eigenvalue weighted by Gasteiger charge is 2.08. The van der Waals surface area contributed by atoms with Crippen LogP contribution in [-0.2, 0) is 4.79 Å². The molecular formula is C15H22N2O3. The molecule has 5 heteroatoms. The second kappa shape index (κ2) is 7.53. The van der Waals surface area contributed by atoms with Crippen molar-refractivity contribution in [3.05, 3.63) is 29.3 Å². The number of carbonyl (C=O) groups excluding carboxylic acids is 1. The van der Waals surface area contributed by atoms with E-state index in [4.69, 9.17) is 5.11 Å². The molecule has 0 aliphatic rings. The molecule has 0 aliphatic heterocycles. The number of urea groups is 1. The number of amides is 2. The average molecular weight is 278 g/mol. The highest BCUT2D eigenvalue weighted by atomic mass is 16.4. The summed E-state index contributed by atoms with van der Waals surface area (Å²) in [5.74, 6) is -0.808. The molecular weight excluding hydrogens is 256 g/mol. The van der Waals surface area contributed by atoms with E-state index in [0.29, 0.717) is 12.8 Å². The molecule has 1 unspecified atom stereocenters. The first kappa shape index (κ1) is 16.0. The number of benzene rings is 1. The lowest BCUT2D eigenvalue weighted by atomic mass is 10.1. The van der Waals surface area contributed by atoms with Crippen molar-refractivity contribution in [3.63, 3.8) is 0 Å². The molecule has 0 fully saturated rings. The van der Waals surface area contributed by atoms with Gasteiger partial charge in [0.1, 0.15) is 0 Å². The minimum atomic E-state index is -0.808. The highest BCUT2D eigenvalue weighted by Crippen LogP contribution is 2.13. The second-order valence-corrected chi connectivity index (χ2v) is 5.16. The van der Waals surface area contributed by atoms with Gasteiger partial charge in [0, 0.05) is 18.2 Å². The summed E-state index contributed by atoms with van der Waals surface area (Å²) in [6.45, 7) is 5.82. The molecule has 1 aromatic rings. The average Bonchev–Trinajstić information content (AvgIpc) is 2.25.